The lowest BCUT2D eigenvalue weighted by Gasteiger charge is -2.13. The van der Waals surface area contributed by atoms with E-state index in [4.69, 9.17) is 0 Å². The smallest absolute Gasteiger partial charge is 0.345 e. The number of halogens is 1. The summed E-state index contributed by atoms with van der Waals surface area (Å²) in [4.78, 5) is 16.6. The second-order valence-corrected chi connectivity index (χ2v) is 7.60. The fraction of sp³-hybridized carbons (Fsp3) is 0.842. The van der Waals surface area contributed by atoms with Gasteiger partial charge in [-0.2, -0.15) is 5.10 Å². The van der Waals surface area contributed by atoms with Gasteiger partial charge in [0.15, 0.2) is 5.96 Å². The normalized spacial score (nSPS) is 17.4. The summed E-state index contributed by atoms with van der Waals surface area (Å²) in [5, 5.41) is 11.2. The molecule has 0 bridgehead atoms. The minimum atomic E-state index is 0. The predicted molar refractivity (Wildman–Crippen MR) is 120 cm³/mol. The molecule has 8 heteroatoms. The van der Waals surface area contributed by atoms with Crippen LogP contribution in [0.1, 0.15) is 63.6 Å². The van der Waals surface area contributed by atoms with Crippen molar-refractivity contribution in [2.45, 2.75) is 77.3 Å². The fourth-order valence-electron chi connectivity index (χ4n) is 4.15. The Kier molecular flexibility index (Phi) is 9.64. The monoisotopic (exact) mass is 490 g/mol. The fourth-order valence-corrected chi connectivity index (χ4v) is 4.15. The molecule has 1 aromatic rings. The van der Waals surface area contributed by atoms with Crippen LogP contribution in [0.25, 0.3) is 0 Å². The summed E-state index contributed by atoms with van der Waals surface area (Å²) >= 11 is 0. The molecule has 0 spiro atoms. The molecule has 1 aromatic heterocycles. The molecule has 0 amide bonds. The zero-order valence-electron chi connectivity index (χ0n) is 16.6. The van der Waals surface area contributed by atoms with Crippen LogP contribution in [0.5, 0.6) is 0 Å². The van der Waals surface area contributed by atoms with E-state index in [1.54, 1.807) is 11.7 Å². The van der Waals surface area contributed by atoms with Gasteiger partial charge in [0.25, 0.3) is 0 Å². The largest absolute Gasteiger partial charge is 0.356 e. The second-order valence-electron chi connectivity index (χ2n) is 7.60. The average molecular weight is 490 g/mol. The molecular formula is C19H35IN6O. The van der Waals surface area contributed by atoms with Gasteiger partial charge in [-0.15, -0.1) is 24.0 Å². The molecule has 1 aliphatic heterocycles. The number of aryl methyl sites for hydroxylation is 2. The molecule has 1 fully saturated rings. The van der Waals surface area contributed by atoms with E-state index in [1.807, 2.05) is 4.57 Å². The molecule has 1 saturated carbocycles. The van der Waals surface area contributed by atoms with Crippen molar-refractivity contribution in [2.75, 3.05) is 20.1 Å². The SMILES string of the molecule is CN=C(NCCCC1CCCC1)NCCCn1nc2n(c1=O)CCCC2.I. The van der Waals surface area contributed by atoms with E-state index in [0.29, 0.717) is 6.54 Å². The Morgan fingerprint density at radius 1 is 1.15 bits per heavy atom. The lowest BCUT2D eigenvalue weighted by atomic mass is 10.0. The van der Waals surface area contributed by atoms with Crippen LogP contribution in [0.4, 0.5) is 0 Å². The standard InChI is InChI=1S/C19H34N6O.HI/c1-20-18(21-12-6-10-16-8-2-3-9-16)22-13-7-15-25-19(26)24-14-5-4-11-17(24)23-25;/h16H,2-15H2,1H3,(H2,20,21,22);1H. The molecule has 27 heavy (non-hydrogen) atoms. The average Bonchev–Trinajstić information content (AvgIpc) is 3.29. The Labute approximate surface area is 179 Å². The predicted octanol–water partition coefficient (Wildman–Crippen LogP) is 2.52. The number of aliphatic imine (C=N–C) groups is 1. The van der Waals surface area contributed by atoms with Crippen LogP contribution in [0.3, 0.4) is 0 Å². The third kappa shape index (κ3) is 6.50. The van der Waals surface area contributed by atoms with Gasteiger partial charge in [0.1, 0.15) is 5.82 Å². The summed E-state index contributed by atoms with van der Waals surface area (Å²) in [6.07, 6.45) is 12.2. The van der Waals surface area contributed by atoms with Crippen LogP contribution in [-0.4, -0.2) is 40.4 Å². The maximum Gasteiger partial charge on any atom is 0.345 e. The summed E-state index contributed by atoms with van der Waals surface area (Å²) < 4.78 is 3.46. The molecule has 2 aliphatic rings. The number of nitrogens with zero attached hydrogens (tertiary/aromatic N) is 4. The maximum atomic E-state index is 12.3. The van der Waals surface area contributed by atoms with E-state index >= 15 is 0 Å². The second kappa shape index (κ2) is 11.7. The maximum absolute atomic E-state index is 12.3. The number of guanidine groups is 1. The Morgan fingerprint density at radius 3 is 2.59 bits per heavy atom. The molecule has 0 atom stereocenters. The number of hydrogen-bond acceptors (Lipinski definition) is 3. The minimum Gasteiger partial charge on any atom is -0.356 e. The van der Waals surface area contributed by atoms with Gasteiger partial charge in [-0.3, -0.25) is 9.56 Å². The molecule has 0 aromatic carbocycles. The van der Waals surface area contributed by atoms with Crippen LogP contribution < -0.4 is 16.3 Å². The quantitative estimate of drug-likeness (QED) is 0.254. The van der Waals surface area contributed by atoms with Crippen molar-refractivity contribution in [3.05, 3.63) is 16.3 Å². The molecule has 0 unspecified atom stereocenters. The highest BCUT2D eigenvalue weighted by Crippen LogP contribution is 2.28. The zero-order chi connectivity index (χ0) is 18.2. The lowest BCUT2D eigenvalue weighted by molar-refractivity contribution is 0.481. The Morgan fingerprint density at radius 2 is 1.89 bits per heavy atom. The van der Waals surface area contributed by atoms with Crippen LogP contribution in [-0.2, 0) is 19.5 Å². The van der Waals surface area contributed by atoms with Gasteiger partial charge in [-0.05, 0) is 38.0 Å². The van der Waals surface area contributed by atoms with E-state index in [2.05, 4.69) is 20.7 Å². The van der Waals surface area contributed by atoms with Gasteiger partial charge < -0.3 is 10.6 Å². The molecule has 1 aliphatic carbocycles. The van der Waals surface area contributed by atoms with E-state index in [0.717, 1.165) is 63.0 Å². The van der Waals surface area contributed by atoms with Crippen molar-refractivity contribution in [1.82, 2.24) is 25.0 Å². The molecule has 2 N–H and O–H groups in total. The van der Waals surface area contributed by atoms with Gasteiger partial charge in [-0.25, -0.2) is 9.48 Å². The summed E-state index contributed by atoms with van der Waals surface area (Å²) in [6, 6.07) is 0. The molecule has 0 radical (unpaired) electrons. The Balaban J connectivity index is 0.00000261. The number of nitrogens with one attached hydrogen (secondary N) is 2. The van der Waals surface area contributed by atoms with Crippen LogP contribution in [0.15, 0.2) is 9.79 Å². The first-order valence-electron chi connectivity index (χ1n) is 10.4. The van der Waals surface area contributed by atoms with E-state index in [9.17, 15) is 4.79 Å². The first kappa shape index (κ1) is 22.2. The lowest BCUT2D eigenvalue weighted by Crippen LogP contribution is -2.38. The van der Waals surface area contributed by atoms with Crippen molar-refractivity contribution in [1.29, 1.82) is 0 Å². The highest BCUT2D eigenvalue weighted by molar-refractivity contribution is 14.0. The van der Waals surface area contributed by atoms with Gasteiger partial charge in [0.2, 0.25) is 0 Å². The van der Waals surface area contributed by atoms with Gasteiger partial charge >= 0.3 is 5.69 Å². The molecule has 0 saturated heterocycles. The van der Waals surface area contributed by atoms with Crippen LogP contribution >= 0.6 is 24.0 Å². The number of fused-ring (bicyclic) bond motifs is 1. The van der Waals surface area contributed by atoms with Crippen molar-refractivity contribution < 1.29 is 0 Å². The van der Waals surface area contributed by atoms with Gasteiger partial charge in [0.05, 0.1) is 0 Å². The van der Waals surface area contributed by atoms with Gasteiger partial charge in [0, 0.05) is 39.6 Å². The zero-order valence-corrected chi connectivity index (χ0v) is 18.9. The number of aromatic nitrogens is 3. The molecule has 7 nitrogen and oxygen atoms in total. The Bertz CT molecular complexity index is 647. The van der Waals surface area contributed by atoms with Crippen molar-refractivity contribution in [2.24, 2.45) is 10.9 Å². The topological polar surface area (TPSA) is 76.2 Å². The highest BCUT2D eigenvalue weighted by atomic mass is 127. The molecule has 154 valence electrons. The van der Waals surface area contributed by atoms with E-state index in [1.165, 1.54) is 38.5 Å². The minimum absolute atomic E-state index is 0. The summed E-state index contributed by atoms with van der Waals surface area (Å²) in [5.41, 5.74) is 0.0501. The molecule has 3 rings (SSSR count). The molecular weight excluding hydrogens is 455 g/mol. The Hall–Kier alpha value is -1.06. The number of hydrogen-bond donors (Lipinski definition) is 2. The third-order valence-electron chi connectivity index (χ3n) is 5.65. The summed E-state index contributed by atoms with van der Waals surface area (Å²) in [6.45, 7) is 3.24. The summed E-state index contributed by atoms with van der Waals surface area (Å²) in [5.74, 6) is 2.76. The number of rotatable bonds is 8. The van der Waals surface area contributed by atoms with Gasteiger partial charge in [-0.1, -0.05) is 25.7 Å². The van der Waals surface area contributed by atoms with Crippen molar-refractivity contribution in [3.8, 4) is 0 Å². The van der Waals surface area contributed by atoms with Crippen LogP contribution in [0.2, 0.25) is 0 Å². The third-order valence-corrected chi connectivity index (χ3v) is 5.65. The van der Waals surface area contributed by atoms with Crippen molar-refractivity contribution >= 4 is 29.9 Å². The van der Waals surface area contributed by atoms with Crippen molar-refractivity contribution in [3.63, 3.8) is 0 Å². The molecule has 2 heterocycles. The highest BCUT2D eigenvalue weighted by Gasteiger charge is 2.16. The van der Waals surface area contributed by atoms with Crippen LogP contribution in [0, 0.1) is 5.92 Å². The van der Waals surface area contributed by atoms with E-state index in [-0.39, 0.29) is 29.7 Å². The van der Waals surface area contributed by atoms with E-state index < -0.39 is 0 Å². The first-order valence-corrected chi connectivity index (χ1v) is 10.4. The first-order chi connectivity index (χ1) is 12.8. The summed E-state index contributed by atoms with van der Waals surface area (Å²) in [7, 11) is 1.81.